The van der Waals surface area contributed by atoms with Gasteiger partial charge in [-0.05, 0) is 36.5 Å². The van der Waals surface area contributed by atoms with Gasteiger partial charge in [-0.1, -0.05) is 13.0 Å². The Morgan fingerprint density at radius 3 is 2.86 bits per heavy atom. The molecule has 0 spiro atoms. The highest BCUT2D eigenvalue weighted by Crippen LogP contribution is 2.41. The molecule has 7 heteroatoms. The molecule has 1 heterocycles. The third-order valence-electron chi connectivity index (χ3n) is 4.39. The molecule has 6 nitrogen and oxygen atoms in total. The smallest absolute Gasteiger partial charge is 0.306 e. The number of fused-ring (bicyclic) bond motifs is 1. The summed E-state index contributed by atoms with van der Waals surface area (Å²) in [5.74, 6) is -0.789. The average Bonchev–Trinajstić information content (AvgIpc) is 3.12. The van der Waals surface area contributed by atoms with Crippen LogP contribution in [0.3, 0.4) is 0 Å². The molecule has 120 valence electrons. The van der Waals surface area contributed by atoms with Crippen LogP contribution in [-0.4, -0.2) is 39.1 Å². The fraction of sp³-hybridized carbons (Fsp3) is 0.533. The molecule has 0 bridgehead atoms. The summed E-state index contributed by atoms with van der Waals surface area (Å²) in [4.78, 5) is 13.3. The van der Waals surface area contributed by atoms with E-state index in [2.05, 4.69) is 9.62 Å². The molecule has 1 aliphatic carbocycles. The van der Waals surface area contributed by atoms with E-state index in [-0.39, 0.29) is 16.7 Å². The molecule has 0 unspecified atom stereocenters. The van der Waals surface area contributed by atoms with Crippen LogP contribution in [0.4, 0.5) is 5.69 Å². The Morgan fingerprint density at radius 1 is 1.45 bits per heavy atom. The van der Waals surface area contributed by atoms with Gasteiger partial charge in [0.25, 0.3) is 0 Å². The highest BCUT2D eigenvalue weighted by Gasteiger charge is 2.44. The number of benzene rings is 1. The first kappa shape index (κ1) is 15.3. The van der Waals surface area contributed by atoms with Crippen LogP contribution in [0, 0.1) is 11.8 Å². The molecular weight excluding hydrogens is 304 g/mol. The van der Waals surface area contributed by atoms with E-state index in [4.69, 9.17) is 5.11 Å². The van der Waals surface area contributed by atoms with Crippen LogP contribution in [0.15, 0.2) is 23.1 Å². The lowest BCUT2D eigenvalue weighted by molar-refractivity contribution is -0.138. The van der Waals surface area contributed by atoms with Crippen molar-refractivity contribution in [3.63, 3.8) is 0 Å². The number of carbonyl (C=O) groups is 1. The molecule has 0 saturated heterocycles. The predicted octanol–water partition coefficient (Wildman–Crippen LogP) is 1.07. The summed E-state index contributed by atoms with van der Waals surface area (Å²) in [5, 5.41) is 9.00. The standard InChI is InChI=1S/C15H20N2O4S/c1-2-16-22(20,21)12-4-3-10-5-6-17(14(10)8-12)9-11-7-13(11)15(18)19/h3-4,8,11,13,16H,2,5-7,9H2,1H3,(H,18,19)/t11-,13+/m0/s1. The number of aliphatic carboxylic acids is 1. The fourth-order valence-corrected chi connectivity index (χ4v) is 4.15. The zero-order valence-corrected chi connectivity index (χ0v) is 13.3. The molecule has 1 aliphatic heterocycles. The topological polar surface area (TPSA) is 86.7 Å². The van der Waals surface area contributed by atoms with E-state index < -0.39 is 16.0 Å². The van der Waals surface area contributed by atoms with Gasteiger partial charge >= 0.3 is 5.97 Å². The summed E-state index contributed by atoms with van der Waals surface area (Å²) >= 11 is 0. The van der Waals surface area contributed by atoms with E-state index in [0.717, 1.165) is 30.6 Å². The van der Waals surface area contributed by atoms with Crippen molar-refractivity contribution in [1.29, 1.82) is 0 Å². The van der Waals surface area contributed by atoms with Gasteiger partial charge in [0.05, 0.1) is 10.8 Å². The fourth-order valence-electron chi connectivity index (χ4n) is 3.09. The van der Waals surface area contributed by atoms with Crippen molar-refractivity contribution in [2.75, 3.05) is 24.5 Å². The minimum Gasteiger partial charge on any atom is -0.481 e. The van der Waals surface area contributed by atoms with Crippen LogP contribution in [-0.2, 0) is 21.2 Å². The third kappa shape index (κ3) is 2.83. The van der Waals surface area contributed by atoms with E-state index in [0.29, 0.717) is 13.1 Å². The van der Waals surface area contributed by atoms with Gasteiger partial charge in [0.1, 0.15) is 0 Å². The summed E-state index contributed by atoms with van der Waals surface area (Å²) in [5.41, 5.74) is 2.05. The first-order valence-corrected chi connectivity index (χ1v) is 9.01. The van der Waals surface area contributed by atoms with Gasteiger partial charge < -0.3 is 10.0 Å². The second-order valence-corrected chi connectivity index (χ2v) is 7.70. The molecule has 2 atom stereocenters. The lowest BCUT2D eigenvalue weighted by Crippen LogP contribution is -2.25. The number of carboxylic acids is 1. The lowest BCUT2D eigenvalue weighted by atomic mass is 10.2. The van der Waals surface area contributed by atoms with Crippen molar-refractivity contribution in [3.8, 4) is 0 Å². The van der Waals surface area contributed by atoms with Gasteiger partial charge in [-0.25, -0.2) is 13.1 Å². The molecule has 0 amide bonds. The number of rotatable bonds is 6. The highest BCUT2D eigenvalue weighted by molar-refractivity contribution is 7.89. The van der Waals surface area contributed by atoms with Crippen molar-refractivity contribution < 1.29 is 18.3 Å². The molecule has 2 N–H and O–H groups in total. The van der Waals surface area contributed by atoms with E-state index in [1.807, 2.05) is 6.07 Å². The van der Waals surface area contributed by atoms with E-state index in [9.17, 15) is 13.2 Å². The molecule has 0 aromatic heterocycles. The highest BCUT2D eigenvalue weighted by atomic mass is 32.2. The zero-order chi connectivity index (χ0) is 15.9. The summed E-state index contributed by atoms with van der Waals surface area (Å²) in [7, 11) is -3.46. The first-order chi connectivity index (χ1) is 10.4. The van der Waals surface area contributed by atoms with Crippen molar-refractivity contribution >= 4 is 21.7 Å². The normalized spacial score (nSPS) is 23.4. The average molecular weight is 324 g/mol. The summed E-state index contributed by atoms with van der Waals surface area (Å²) in [6.45, 7) is 3.61. The Balaban J connectivity index is 1.79. The minimum atomic E-state index is -3.46. The number of hydrogen-bond donors (Lipinski definition) is 2. The van der Waals surface area contributed by atoms with Gasteiger partial charge in [-0.3, -0.25) is 4.79 Å². The first-order valence-electron chi connectivity index (χ1n) is 7.52. The summed E-state index contributed by atoms with van der Waals surface area (Å²) < 4.78 is 26.7. The number of sulfonamides is 1. The molecule has 1 aromatic carbocycles. The van der Waals surface area contributed by atoms with E-state index in [1.54, 1.807) is 19.1 Å². The Bertz CT molecular complexity index is 701. The maximum atomic E-state index is 12.1. The maximum absolute atomic E-state index is 12.1. The monoisotopic (exact) mass is 324 g/mol. The summed E-state index contributed by atoms with van der Waals surface area (Å²) in [6, 6.07) is 5.21. The van der Waals surface area contributed by atoms with Crippen LogP contribution in [0.25, 0.3) is 0 Å². The van der Waals surface area contributed by atoms with Crippen LogP contribution in [0.5, 0.6) is 0 Å². The second-order valence-electron chi connectivity index (χ2n) is 5.93. The van der Waals surface area contributed by atoms with Crippen molar-refractivity contribution in [1.82, 2.24) is 4.72 Å². The van der Waals surface area contributed by atoms with Crippen molar-refractivity contribution in [2.24, 2.45) is 11.8 Å². The Labute approximate surface area is 130 Å². The van der Waals surface area contributed by atoms with Crippen LogP contribution < -0.4 is 9.62 Å². The van der Waals surface area contributed by atoms with Gasteiger partial charge in [-0.2, -0.15) is 0 Å². The van der Waals surface area contributed by atoms with Crippen LogP contribution >= 0.6 is 0 Å². The molecule has 1 fully saturated rings. The van der Waals surface area contributed by atoms with E-state index in [1.165, 1.54) is 0 Å². The van der Waals surface area contributed by atoms with Gasteiger partial charge in [0.2, 0.25) is 10.0 Å². The lowest BCUT2D eigenvalue weighted by Gasteiger charge is -2.20. The van der Waals surface area contributed by atoms with Crippen molar-refractivity contribution in [2.45, 2.75) is 24.7 Å². The van der Waals surface area contributed by atoms with Crippen LogP contribution in [0.2, 0.25) is 0 Å². The number of hydrogen-bond acceptors (Lipinski definition) is 4. The Kier molecular flexibility index (Phi) is 3.86. The van der Waals surface area contributed by atoms with Gasteiger partial charge in [0, 0.05) is 25.3 Å². The Morgan fingerprint density at radius 2 is 2.23 bits per heavy atom. The molecule has 1 aromatic rings. The molecule has 0 radical (unpaired) electrons. The Hall–Kier alpha value is -1.60. The molecule has 3 rings (SSSR count). The van der Waals surface area contributed by atoms with Crippen molar-refractivity contribution in [3.05, 3.63) is 23.8 Å². The number of nitrogens with one attached hydrogen (secondary N) is 1. The van der Waals surface area contributed by atoms with Gasteiger partial charge in [-0.15, -0.1) is 0 Å². The van der Waals surface area contributed by atoms with Crippen LogP contribution in [0.1, 0.15) is 18.9 Å². The molecule has 22 heavy (non-hydrogen) atoms. The quantitative estimate of drug-likeness (QED) is 0.817. The summed E-state index contributed by atoms with van der Waals surface area (Å²) in [6.07, 6.45) is 1.60. The number of anilines is 1. The number of carboxylic acid groups (broad SMARTS) is 1. The second kappa shape index (κ2) is 5.55. The molecule has 2 aliphatic rings. The largest absolute Gasteiger partial charge is 0.481 e. The SMILES string of the molecule is CCNS(=O)(=O)c1ccc2c(c1)N(C[C@@H]1C[C@H]1C(=O)O)CC2. The van der Waals surface area contributed by atoms with E-state index >= 15 is 0 Å². The van der Waals surface area contributed by atoms with Gasteiger partial charge in [0.15, 0.2) is 0 Å². The molecule has 1 saturated carbocycles. The molecular formula is C15H20N2O4S. The predicted molar refractivity (Wildman–Crippen MR) is 82.5 cm³/mol. The maximum Gasteiger partial charge on any atom is 0.306 e. The zero-order valence-electron chi connectivity index (χ0n) is 12.4. The number of nitrogens with zero attached hydrogens (tertiary/aromatic N) is 1. The third-order valence-corrected chi connectivity index (χ3v) is 5.93. The minimum absolute atomic E-state index is 0.178.